The number of aromatic amines is 1. The van der Waals surface area contributed by atoms with Gasteiger partial charge in [-0.3, -0.25) is 9.89 Å². The number of carboxylic acids is 1. The molecule has 1 rings (SSSR count). The van der Waals surface area contributed by atoms with Crippen molar-refractivity contribution in [3.63, 3.8) is 0 Å². The molecule has 0 spiro atoms. The molecule has 0 aliphatic carbocycles. The van der Waals surface area contributed by atoms with Crippen LogP contribution in [0.4, 0.5) is 0 Å². The highest BCUT2D eigenvalue weighted by Crippen LogP contribution is 2.17. The van der Waals surface area contributed by atoms with E-state index in [9.17, 15) is 13.2 Å². The summed E-state index contributed by atoms with van der Waals surface area (Å²) in [4.78, 5) is 10.8. The van der Waals surface area contributed by atoms with Crippen LogP contribution in [0.25, 0.3) is 0 Å². The number of hydrogen-bond donors (Lipinski definition) is 3. The number of aromatic nitrogens is 2. The second-order valence-electron chi connectivity index (χ2n) is 3.68. The number of nitrogens with one attached hydrogen (secondary N) is 2. The molecule has 0 aliphatic rings. The molecular weight excluding hydrogens is 258 g/mol. The lowest BCUT2D eigenvalue weighted by molar-refractivity contribution is -0.138. The predicted molar refractivity (Wildman–Crippen MR) is 63.3 cm³/mol. The monoisotopic (exact) mass is 271 g/mol. The smallest absolute Gasteiger partial charge is 0.322 e. The Kier molecular flexibility index (Phi) is 4.11. The number of H-pyrrole nitrogens is 1. The fraction of sp³-hybridized carbons (Fsp3) is 0.400. The summed E-state index contributed by atoms with van der Waals surface area (Å²) < 4.78 is 26.1. The summed E-state index contributed by atoms with van der Waals surface area (Å²) in [6, 6.07) is -1.35. The van der Waals surface area contributed by atoms with E-state index in [4.69, 9.17) is 11.5 Å². The molecule has 1 aromatic heterocycles. The van der Waals surface area contributed by atoms with Crippen LogP contribution in [-0.2, 0) is 14.8 Å². The number of carboxylic acid groups (broad SMARTS) is 1. The first-order valence-electron chi connectivity index (χ1n) is 4.99. The fourth-order valence-corrected chi connectivity index (χ4v) is 3.04. The van der Waals surface area contributed by atoms with Gasteiger partial charge in [-0.25, -0.2) is 8.42 Å². The van der Waals surface area contributed by atoms with Crippen molar-refractivity contribution < 1.29 is 18.3 Å². The van der Waals surface area contributed by atoms with E-state index in [1.807, 2.05) is 4.72 Å². The second-order valence-corrected chi connectivity index (χ2v) is 5.33. The number of nitrogens with zero attached hydrogens (tertiary/aromatic N) is 1. The minimum Gasteiger partial charge on any atom is -0.480 e. The van der Waals surface area contributed by atoms with Crippen LogP contribution in [0.15, 0.2) is 4.90 Å². The molecule has 0 bridgehead atoms. The van der Waals surface area contributed by atoms with Crippen molar-refractivity contribution in [3.8, 4) is 12.3 Å². The average Bonchev–Trinajstić information content (AvgIpc) is 2.58. The lowest BCUT2D eigenvalue weighted by atomic mass is 10.2. The van der Waals surface area contributed by atoms with E-state index in [0.29, 0.717) is 5.69 Å². The van der Waals surface area contributed by atoms with Crippen LogP contribution >= 0.6 is 0 Å². The molecule has 1 atom stereocenters. The molecule has 0 amide bonds. The normalized spacial score (nSPS) is 12.9. The molecule has 1 aromatic rings. The van der Waals surface area contributed by atoms with E-state index in [1.165, 1.54) is 13.8 Å². The highest BCUT2D eigenvalue weighted by Gasteiger charge is 2.28. The number of aryl methyl sites for hydroxylation is 2. The van der Waals surface area contributed by atoms with Crippen molar-refractivity contribution >= 4 is 16.0 Å². The Labute approximate surface area is 105 Å². The number of aliphatic carboxylic acids is 1. The first-order valence-corrected chi connectivity index (χ1v) is 6.48. The van der Waals surface area contributed by atoms with Crippen LogP contribution in [0.3, 0.4) is 0 Å². The van der Waals surface area contributed by atoms with Crippen molar-refractivity contribution in [1.29, 1.82) is 0 Å². The van der Waals surface area contributed by atoms with Crippen molar-refractivity contribution in [3.05, 3.63) is 11.4 Å². The largest absolute Gasteiger partial charge is 0.480 e. The molecule has 18 heavy (non-hydrogen) atoms. The van der Waals surface area contributed by atoms with E-state index in [-0.39, 0.29) is 17.0 Å². The SMILES string of the molecule is C#CCC(NS(=O)(=O)c1c(C)n[nH]c1C)C(=O)O. The second kappa shape index (κ2) is 5.20. The summed E-state index contributed by atoms with van der Waals surface area (Å²) in [6.45, 7) is 3.04. The Morgan fingerprint density at radius 1 is 1.61 bits per heavy atom. The van der Waals surface area contributed by atoms with Crippen molar-refractivity contribution in [1.82, 2.24) is 14.9 Å². The quantitative estimate of drug-likeness (QED) is 0.641. The van der Waals surface area contributed by atoms with Crippen LogP contribution in [0, 0.1) is 26.2 Å². The average molecular weight is 271 g/mol. The molecule has 3 N–H and O–H groups in total. The molecule has 0 aromatic carbocycles. The molecule has 7 nitrogen and oxygen atoms in total. The van der Waals surface area contributed by atoms with Gasteiger partial charge in [-0.2, -0.15) is 9.82 Å². The van der Waals surface area contributed by atoms with Gasteiger partial charge in [-0.15, -0.1) is 12.3 Å². The van der Waals surface area contributed by atoms with Crippen molar-refractivity contribution in [2.45, 2.75) is 31.2 Å². The van der Waals surface area contributed by atoms with Gasteiger partial charge < -0.3 is 5.11 Å². The summed E-state index contributed by atoms with van der Waals surface area (Å²) in [5, 5.41) is 15.1. The van der Waals surface area contributed by atoms with Crippen LogP contribution in [0.2, 0.25) is 0 Å². The molecule has 0 saturated carbocycles. The van der Waals surface area contributed by atoms with Gasteiger partial charge in [0.1, 0.15) is 10.9 Å². The number of sulfonamides is 1. The predicted octanol–water partition coefficient (Wildman–Crippen LogP) is -0.219. The molecule has 8 heteroatoms. The Morgan fingerprint density at radius 3 is 2.61 bits per heavy atom. The molecule has 0 fully saturated rings. The van der Waals surface area contributed by atoms with Gasteiger partial charge >= 0.3 is 5.97 Å². The van der Waals surface area contributed by atoms with Gasteiger partial charge in [0.05, 0.1) is 11.4 Å². The van der Waals surface area contributed by atoms with Gasteiger partial charge in [0.25, 0.3) is 0 Å². The summed E-state index contributed by atoms with van der Waals surface area (Å²) in [7, 11) is -3.96. The zero-order valence-corrected chi connectivity index (χ0v) is 10.7. The Balaban J connectivity index is 3.09. The third kappa shape index (κ3) is 2.88. The summed E-state index contributed by atoms with van der Waals surface area (Å²) in [6.07, 6.45) is 4.77. The Bertz CT molecular complexity index is 578. The van der Waals surface area contributed by atoms with Crippen LogP contribution in [-0.4, -0.2) is 35.7 Å². The van der Waals surface area contributed by atoms with Gasteiger partial charge in [-0.1, -0.05) is 0 Å². The molecule has 0 radical (unpaired) electrons. The van der Waals surface area contributed by atoms with Crippen molar-refractivity contribution in [2.24, 2.45) is 0 Å². The Morgan fingerprint density at radius 2 is 2.22 bits per heavy atom. The standard InChI is InChI=1S/C10H13N3O4S/c1-4-5-8(10(14)15)13-18(16,17)9-6(2)11-12-7(9)3/h1,8,13H,5H2,2-3H3,(H,11,12)(H,14,15). The maximum absolute atomic E-state index is 12.0. The highest BCUT2D eigenvalue weighted by molar-refractivity contribution is 7.89. The maximum atomic E-state index is 12.0. The maximum Gasteiger partial charge on any atom is 0.322 e. The zero-order valence-electron chi connectivity index (χ0n) is 9.89. The lowest BCUT2D eigenvalue weighted by Gasteiger charge is -2.12. The van der Waals surface area contributed by atoms with Crippen LogP contribution < -0.4 is 4.72 Å². The summed E-state index contributed by atoms with van der Waals surface area (Å²) >= 11 is 0. The Hall–Kier alpha value is -1.85. The van der Waals surface area contributed by atoms with E-state index < -0.39 is 22.0 Å². The minimum absolute atomic E-state index is 0.0502. The summed E-state index contributed by atoms with van der Waals surface area (Å²) in [5.41, 5.74) is 0.606. The number of terminal acetylenes is 1. The first-order chi connectivity index (χ1) is 8.29. The lowest BCUT2D eigenvalue weighted by Crippen LogP contribution is -2.40. The van der Waals surface area contributed by atoms with E-state index in [1.54, 1.807) is 0 Å². The fourth-order valence-electron chi connectivity index (χ4n) is 1.48. The van der Waals surface area contributed by atoms with E-state index in [0.717, 1.165) is 0 Å². The topological polar surface area (TPSA) is 112 Å². The first kappa shape index (κ1) is 14.2. The molecule has 98 valence electrons. The van der Waals surface area contributed by atoms with Crippen LogP contribution in [0.1, 0.15) is 17.8 Å². The third-order valence-electron chi connectivity index (χ3n) is 2.25. The van der Waals surface area contributed by atoms with Crippen molar-refractivity contribution in [2.75, 3.05) is 0 Å². The minimum atomic E-state index is -3.96. The molecule has 0 saturated heterocycles. The highest BCUT2D eigenvalue weighted by atomic mass is 32.2. The molecule has 1 heterocycles. The van der Waals surface area contributed by atoms with Gasteiger partial charge in [-0.05, 0) is 13.8 Å². The van der Waals surface area contributed by atoms with Gasteiger partial charge in [0.2, 0.25) is 10.0 Å². The third-order valence-corrected chi connectivity index (χ3v) is 3.98. The van der Waals surface area contributed by atoms with Gasteiger partial charge in [0.15, 0.2) is 0 Å². The molecule has 0 aliphatic heterocycles. The zero-order chi connectivity index (χ0) is 13.9. The molecular formula is C10H13N3O4S. The number of hydrogen-bond acceptors (Lipinski definition) is 4. The molecule has 1 unspecified atom stereocenters. The van der Waals surface area contributed by atoms with Crippen LogP contribution in [0.5, 0.6) is 0 Å². The number of rotatable bonds is 5. The number of carbonyl (C=O) groups is 1. The van der Waals surface area contributed by atoms with Gasteiger partial charge in [0, 0.05) is 6.42 Å². The summed E-state index contributed by atoms with van der Waals surface area (Å²) in [5.74, 6) is 0.791. The van der Waals surface area contributed by atoms with E-state index in [2.05, 4.69) is 16.1 Å². The van der Waals surface area contributed by atoms with E-state index >= 15 is 0 Å².